The zero-order chi connectivity index (χ0) is 50.3. The van der Waals surface area contributed by atoms with Gasteiger partial charge >= 0.3 is 0 Å². The van der Waals surface area contributed by atoms with Gasteiger partial charge in [0.25, 0.3) is 11.7 Å². The molecule has 3 fully saturated rings. The van der Waals surface area contributed by atoms with Gasteiger partial charge in [0.15, 0.2) is 5.78 Å². The van der Waals surface area contributed by atoms with Gasteiger partial charge in [-0.2, -0.15) is 0 Å². The maximum absolute atomic E-state index is 14.5. The number of aliphatic hydroxyl groups excluding tert-OH is 1. The standard InChI is InChI=1S/C55H89NO12/c1-34-18-14-13-15-19-35(2)48(63-10)32-44-23-21-40(7)55(62,68-44)53(60)54(61)56-25-17-16-20-45(56)42(9)67-49(38(5)30-43-22-24-47(66-27-26-57)50(31-43)64-11)33-46(58)37(4)29-36(3)41(8)52(65-12)51(59)39(6)28-34/h13-15,18-19,29,34,37-45,47-50,52,57,62H,16-17,20-28,30-33H2,1-12H3/b15-13?,18-14+,35-19?,36-29+/t34-,37-,38-,39-,40-,41-,42?,43+,44?,45+,47-,48?,49?,50-,52?,55-/m1/s1. The Kier molecular flexibility index (Phi) is 23.5. The number of ketones is 3. The summed E-state index contributed by atoms with van der Waals surface area (Å²) in [5.74, 6) is -5.30. The number of hydrogen-bond acceptors (Lipinski definition) is 12. The number of allylic oxidation sites excluding steroid dienone is 6. The van der Waals surface area contributed by atoms with Crippen molar-refractivity contribution in [3.8, 4) is 0 Å². The first-order valence-electron chi connectivity index (χ1n) is 25.8. The Hall–Kier alpha value is -2.88. The third-order valence-electron chi connectivity index (χ3n) is 15.7. The highest BCUT2D eigenvalue weighted by molar-refractivity contribution is 6.38. The van der Waals surface area contributed by atoms with Crippen LogP contribution in [0.25, 0.3) is 0 Å². The highest BCUT2D eigenvalue weighted by Crippen LogP contribution is 2.38. The van der Waals surface area contributed by atoms with Crippen molar-refractivity contribution < 1.29 is 57.8 Å². The highest BCUT2D eigenvalue weighted by atomic mass is 16.6. The number of carbonyl (C=O) groups is 4. The number of rotatable bonds is 9. The van der Waals surface area contributed by atoms with Crippen LogP contribution in [0.3, 0.4) is 0 Å². The van der Waals surface area contributed by atoms with E-state index in [9.17, 15) is 29.4 Å². The molecule has 3 heterocycles. The minimum Gasteiger partial charge on any atom is -0.394 e. The fraction of sp³-hybridized carbons (Fsp3) is 0.782. The van der Waals surface area contributed by atoms with Crippen molar-refractivity contribution in [3.63, 3.8) is 0 Å². The van der Waals surface area contributed by atoms with Gasteiger partial charge in [-0.1, -0.05) is 83.6 Å². The molecular formula is C55H89NO12. The van der Waals surface area contributed by atoms with E-state index in [2.05, 4.69) is 19.9 Å². The van der Waals surface area contributed by atoms with Crippen LogP contribution >= 0.6 is 0 Å². The first kappa shape index (κ1) is 57.7. The molecule has 0 aromatic carbocycles. The lowest BCUT2D eigenvalue weighted by Crippen LogP contribution is -2.61. The molecule has 0 aromatic rings. The van der Waals surface area contributed by atoms with E-state index in [1.54, 1.807) is 33.2 Å². The Morgan fingerprint density at radius 2 is 1.57 bits per heavy atom. The number of aliphatic hydroxyl groups is 2. The fourth-order valence-corrected chi connectivity index (χ4v) is 11.2. The Balaban J connectivity index is 1.69. The first-order chi connectivity index (χ1) is 32.3. The van der Waals surface area contributed by atoms with E-state index >= 15 is 0 Å². The number of carbonyl (C=O) groups excluding carboxylic acids is 4. The Morgan fingerprint density at radius 3 is 2.25 bits per heavy atom. The molecule has 3 aliphatic heterocycles. The number of methoxy groups -OCH3 is 3. The predicted molar refractivity (Wildman–Crippen MR) is 264 cm³/mol. The third kappa shape index (κ3) is 15.6. The Morgan fingerprint density at radius 1 is 0.838 bits per heavy atom. The number of Topliss-reactive ketones (excluding diaryl/α,β-unsaturated/α-hetero) is 3. The smallest absolute Gasteiger partial charge is 0.296 e. The summed E-state index contributed by atoms with van der Waals surface area (Å²) < 4.78 is 36.8. The number of hydrogen-bond donors (Lipinski definition) is 2. The minimum atomic E-state index is -2.30. The van der Waals surface area contributed by atoms with Crippen LogP contribution in [0.1, 0.15) is 139 Å². The number of piperidine rings is 1. The summed E-state index contributed by atoms with van der Waals surface area (Å²) >= 11 is 0. The van der Waals surface area contributed by atoms with Gasteiger partial charge in [-0.3, -0.25) is 19.2 Å². The molecular weight excluding hydrogens is 867 g/mol. The largest absolute Gasteiger partial charge is 0.394 e. The summed E-state index contributed by atoms with van der Waals surface area (Å²) in [6.45, 7) is 18.2. The highest BCUT2D eigenvalue weighted by Gasteiger charge is 2.53. The second-order valence-corrected chi connectivity index (χ2v) is 21.0. The summed E-state index contributed by atoms with van der Waals surface area (Å²) in [7, 11) is 4.89. The summed E-state index contributed by atoms with van der Waals surface area (Å²) in [4.78, 5) is 58.7. The van der Waals surface area contributed by atoms with Crippen LogP contribution in [-0.2, 0) is 47.6 Å². The molecule has 13 nitrogen and oxygen atoms in total. The maximum Gasteiger partial charge on any atom is 0.296 e. The number of fused-ring (bicyclic) bond motifs is 3. The molecule has 2 N–H and O–H groups in total. The minimum absolute atomic E-state index is 0.00293. The van der Waals surface area contributed by atoms with Crippen molar-refractivity contribution in [2.45, 2.75) is 194 Å². The van der Waals surface area contributed by atoms with E-state index in [-0.39, 0.29) is 79.1 Å². The topological polar surface area (TPSA) is 167 Å². The lowest BCUT2D eigenvalue weighted by molar-refractivity contribution is -0.265. The monoisotopic (exact) mass is 956 g/mol. The predicted octanol–water partition coefficient (Wildman–Crippen LogP) is 8.33. The van der Waals surface area contributed by atoms with Crippen LogP contribution in [-0.4, -0.2) is 134 Å². The van der Waals surface area contributed by atoms with Gasteiger partial charge < -0.3 is 43.5 Å². The van der Waals surface area contributed by atoms with E-state index in [1.807, 2.05) is 71.9 Å². The van der Waals surface area contributed by atoms with E-state index in [0.717, 1.165) is 43.3 Å². The van der Waals surface area contributed by atoms with E-state index in [4.69, 9.17) is 28.4 Å². The molecule has 4 rings (SSSR count). The molecule has 5 unspecified atom stereocenters. The van der Waals surface area contributed by atoms with Crippen molar-refractivity contribution >= 4 is 23.3 Å². The van der Waals surface area contributed by atoms with Crippen LogP contribution in [0.2, 0.25) is 0 Å². The van der Waals surface area contributed by atoms with E-state index < -0.39 is 59.8 Å². The van der Waals surface area contributed by atoms with Crippen molar-refractivity contribution in [1.29, 1.82) is 0 Å². The van der Waals surface area contributed by atoms with Gasteiger partial charge in [-0.25, -0.2) is 0 Å². The molecule has 68 heavy (non-hydrogen) atoms. The lowest BCUT2D eigenvalue weighted by Gasteiger charge is -2.44. The van der Waals surface area contributed by atoms with Gasteiger partial charge in [0.05, 0.1) is 55.9 Å². The second-order valence-electron chi connectivity index (χ2n) is 21.0. The van der Waals surface area contributed by atoms with Crippen LogP contribution in [0.5, 0.6) is 0 Å². The quantitative estimate of drug-likeness (QED) is 0.168. The zero-order valence-electron chi connectivity index (χ0n) is 43.7. The van der Waals surface area contributed by atoms with Crippen LogP contribution in [0.4, 0.5) is 0 Å². The third-order valence-corrected chi connectivity index (χ3v) is 15.7. The SMILES string of the molecule is COC1CC2CC[C@@H](C)[C@@](O)(O2)C(=O)C(=O)N2CCCC[C@H]2C(C)OC([C@H](C)C[C@@H]2CC[C@@H](OCCO)[C@H](OC)C2)CC(=O)[C@H](C)/C=C(\C)[C@@H](C)C(OC)C(=O)[C@H](C)C[C@H](C)/C=C/C=CC=C1C. The second kappa shape index (κ2) is 27.7. The normalized spacial score (nSPS) is 39.1. The van der Waals surface area contributed by atoms with E-state index in [0.29, 0.717) is 45.1 Å². The molecule has 386 valence electrons. The number of nitrogens with zero attached hydrogens (tertiary/aromatic N) is 1. The summed E-state index contributed by atoms with van der Waals surface area (Å²) in [5.41, 5.74) is 1.84. The molecule has 13 heteroatoms. The average molecular weight is 956 g/mol. The van der Waals surface area contributed by atoms with Crippen molar-refractivity contribution in [3.05, 3.63) is 47.6 Å². The van der Waals surface area contributed by atoms with Crippen molar-refractivity contribution in [2.24, 2.45) is 41.4 Å². The number of ether oxygens (including phenoxy) is 6. The summed E-state index contributed by atoms with van der Waals surface area (Å²) in [5, 5.41) is 21.5. The maximum atomic E-state index is 14.5. The van der Waals surface area contributed by atoms with Gasteiger partial charge in [-0.15, -0.1) is 0 Å². The molecule has 16 atom stereocenters. The molecule has 2 saturated heterocycles. The Labute approximate surface area is 408 Å². The van der Waals surface area contributed by atoms with Crippen LogP contribution < -0.4 is 0 Å². The zero-order valence-corrected chi connectivity index (χ0v) is 43.7. The van der Waals surface area contributed by atoms with Gasteiger partial charge in [-0.05, 0) is 108 Å². The average Bonchev–Trinajstić information content (AvgIpc) is 3.32. The van der Waals surface area contributed by atoms with Crippen molar-refractivity contribution in [2.75, 3.05) is 41.1 Å². The van der Waals surface area contributed by atoms with Gasteiger partial charge in [0.1, 0.15) is 11.9 Å². The summed E-state index contributed by atoms with van der Waals surface area (Å²) in [6, 6.07) is -0.473. The molecule has 4 aliphatic rings. The number of amides is 1. The molecule has 0 spiro atoms. The lowest BCUT2D eigenvalue weighted by atomic mass is 9.78. The Bertz CT molecular complexity index is 1760. The van der Waals surface area contributed by atoms with Crippen molar-refractivity contribution in [1.82, 2.24) is 4.90 Å². The fourth-order valence-electron chi connectivity index (χ4n) is 11.2. The van der Waals surface area contributed by atoms with Gasteiger partial charge in [0.2, 0.25) is 5.79 Å². The molecule has 1 saturated carbocycles. The van der Waals surface area contributed by atoms with Crippen LogP contribution in [0, 0.1) is 41.4 Å². The molecule has 0 radical (unpaired) electrons. The van der Waals surface area contributed by atoms with Crippen LogP contribution in [0.15, 0.2) is 47.6 Å². The van der Waals surface area contributed by atoms with Gasteiger partial charge in [0, 0.05) is 64.4 Å². The van der Waals surface area contributed by atoms with E-state index in [1.165, 1.54) is 0 Å². The molecule has 2 bridgehead atoms. The molecule has 1 amide bonds. The molecule has 1 aliphatic carbocycles. The first-order valence-corrected chi connectivity index (χ1v) is 25.8. The summed E-state index contributed by atoms with van der Waals surface area (Å²) in [6.07, 6.45) is 16.6. The molecule has 0 aromatic heterocycles.